The van der Waals surface area contributed by atoms with E-state index in [0.29, 0.717) is 12.8 Å². The number of likely N-dealkylation sites (tertiary alicyclic amines) is 1. The van der Waals surface area contributed by atoms with Crippen LogP contribution in [-0.2, 0) is 14.4 Å². The second-order valence-electron chi connectivity index (χ2n) is 3.85. The third-order valence-corrected chi connectivity index (χ3v) is 2.76. The molecule has 2 amide bonds. The molecule has 1 fully saturated rings. The lowest BCUT2D eigenvalue weighted by atomic mass is 10.0. The Labute approximate surface area is 93.6 Å². The van der Waals surface area contributed by atoms with E-state index in [9.17, 15) is 14.4 Å². The van der Waals surface area contributed by atoms with Crippen molar-refractivity contribution in [3.8, 4) is 0 Å². The van der Waals surface area contributed by atoms with Crippen LogP contribution in [0.4, 0.5) is 0 Å². The zero-order valence-electron chi connectivity index (χ0n) is 9.40. The number of nitrogens with zero attached hydrogens (tertiary/aromatic N) is 1. The van der Waals surface area contributed by atoms with Gasteiger partial charge in [0, 0.05) is 13.5 Å². The van der Waals surface area contributed by atoms with Crippen LogP contribution in [0.3, 0.4) is 0 Å². The number of carboxylic acids is 1. The minimum atomic E-state index is -0.977. The molecule has 1 heterocycles. The highest BCUT2D eigenvalue weighted by Crippen LogP contribution is 2.12. The molecule has 0 radical (unpaired) electrons. The summed E-state index contributed by atoms with van der Waals surface area (Å²) in [6.07, 6.45) is 1.04. The van der Waals surface area contributed by atoms with Crippen LogP contribution in [-0.4, -0.2) is 46.9 Å². The number of carboxylic acid groups (broad SMARTS) is 1. The van der Waals surface area contributed by atoms with E-state index >= 15 is 0 Å². The average Bonchev–Trinajstić information content (AvgIpc) is 2.25. The maximum Gasteiger partial charge on any atom is 0.320 e. The van der Waals surface area contributed by atoms with E-state index < -0.39 is 18.1 Å². The summed E-state index contributed by atoms with van der Waals surface area (Å²) in [4.78, 5) is 34.7. The summed E-state index contributed by atoms with van der Waals surface area (Å²) in [5.74, 6) is -1.54. The van der Waals surface area contributed by atoms with Gasteiger partial charge >= 0.3 is 5.97 Å². The molecule has 0 bridgehead atoms. The second kappa shape index (κ2) is 5.07. The largest absolute Gasteiger partial charge is 0.480 e. The van der Waals surface area contributed by atoms with E-state index in [1.807, 2.05) is 0 Å². The maximum absolute atomic E-state index is 11.7. The standard InChI is InChI=1S/C10H16N2O4/c1-3-6(10(15)16)11-7-4-5-8(13)12(2)9(7)14/h6-7,11H,3-5H2,1-2H3,(H,15,16). The molecule has 0 aromatic carbocycles. The zero-order chi connectivity index (χ0) is 12.3. The average molecular weight is 228 g/mol. The van der Waals surface area contributed by atoms with Crippen molar-refractivity contribution < 1.29 is 19.5 Å². The predicted molar refractivity (Wildman–Crippen MR) is 55.6 cm³/mol. The van der Waals surface area contributed by atoms with Gasteiger partial charge in [-0.25, -0.2) is 0 Å². The number of amides is 2. The molecule has 0 aromatic heterocycles. The molecule has 6 nitrogen and oxygen atoms in total. The number of piperidine rings is 1. The van der Waals surface area contributed by atoms with E-state index in [0.717, 1.165) is 4.90 Å². The van der Waals surface area contributed by atoms with Gasteiger partial charge in [0.05, 0.1) is 6.04 Å². The van der Waals surface area contributed by atoms with Gasteiger partial charge in [0.25, 0.3) is 0 Å². The third kappa shape index (κ3) is 2.57. The fourth-order valence-corrected chi connectivity index (χ4v) is 1.68. The van der Waals surface area contributed by atoms with Crippen LogP contribution in [0.2, 0.25) is 0 Å². The molecule has 1 aliphatic rings. The molecule has 0 aliphatic carbocycles. The Bertz CT molecular complexity index is 316. The van der Waals surface area contributed by atoms with Crippen molar-refractivity contribution in [1.29, 1.82) is 0 Å². The van der Waals surface area contributed by atoms with Gasteiger partial charge in [0.15, 0.2) is 0 Å². The van der Waals surface area contributed by atoms with Crippen molar-refractivity contribution in [1.82, 2.24) is 10.2 Å². The SMILES string of the molecule is CCC(NC1CCC(=O)N(C)C1=O)C(=O)O. The lowest BCUT2D eigenvalue weighted by Gasteiger charge is -2.29. The molecule has 16 heavy (non-hydrogen) atoms. The first-order valence-electron chi connectivity index (χ1n) is 5.26. The molecular weight excluding hydrogens is 212 g/mol. The first kappa shape index (κ1) is 12.6. The van der Waals surface area contributed by atoms with Gasteiger partial charge in [-0.15, -0.1) is 0 Å². The summed E-state index contributed by atoms with van der Waals surface area (Å²) in [7, 11) is 1.42. The van der Waals surface area contributed by atoms with Crippen LogP contribution in [0.25, 0.3) is 0 Å². The molecule has 2 atom stereocenters. The lowest BCUT2D eigenvalue weighted by molar-refractivity contribution is -0.148. The fourth-order valence-electron chi connectivity index (χ4n) is 1.68. The topological polar surface area (TPSA) is 86.7 Å². The van der Waals surface area contributed by atoms with Gasteiger partial charge in [-0.3, -0.25) is 24.6 Å². The molecule has 2 N–H and O–H groups in total. The molecule has 0 saturated carbocycles. The summed E-state index contributed by atoms with van der Waals surface area (Å²) in [5.41, 5.74) is 0. The van der Waals surface area contributed by atoms with Crippen LogP contribution >= 0.6 is 0 Å². The van der Waals surface area contributed by atoms with Crippen molar-refractivity contribution in [2.75, 3.05) is 7.05 Å². The number of hydrogen-bond acceptors (Lipinski definition) is 4. The Morgan fingerprint density at radius 3 is 2.75 bits per heavy atom. The van der Waals surface area contributed by atoms with Crippen LogP contribution in [0.1, 0.15) is 26.2 Å². The molecule has 1 saturated heterocycles. The Hall–Kier alpha value is -1.43. The van der Waals surface area contributed by atoms with Gasteiger partial charge in [-0.2, -0.15) is 0 Å². The molecule has 1 rings (SSSR count). The highest BCUT2D eigenvalue weighted by atomic mass is 16.4. The van der Waals surface area contributed by atoms with Crippen LogP contribution in [0.15, 0.2) is 0 Å². The van der Waals surface area contributed by atoms with Gasteiger partial charge in [0.1, 0.15) is 6.04 Å². The van der Waals surface area contributed by atoms with E-state index in [1.165, 1.54) is 7.05 Å². The summed E-state index contributed by atoms with van der Waals surface area (Å²) < 4.78 is 0. The van der Waals surface area contributed by atoms with Gasteiger partial charge in [0.2, 0.25) is 11.8 Å². The van der Waals surface area contributed by atoms with E-state index in [4.69, 9.17) is 5.11 Å². The number of carbonyl (C=O) groups excluding carboxylic acids is 2. The van der Waals surface area contributed by atoms with Gasteiger partial charge in [-0.1, -0.05) is 6.92 Å². The summed E-state index contributed by atoms with van der Waals surface area (Å²) in [5, 5.41) is 11.6. The minimum Gasteiger partial charge on any atom is -0.480 e. The number of carbonyl (C=O) groups is 3. The number of hydrogen-bond donors (Lipinski definition) is 2. The quantitative estimate of drug-likeness (QED) is 0.638. The van der Waals surface area contributed by atoms with E-state index in [2.05, 4.69) is 5.32 Å². The Kier molecular flexibility index (Phi) is 4.00. The molecule has 90 valence electrons. The van der Waals surface area contributed by atoms with Crippen molar-refractivity contribution in [3.05, 3.63) is 0 Å². The van der Waals surface area contributed by atoms with Gasteiger partial charge < -0.3 is 5.11 Å². The number of rotatable bonds is 4. The third-order valence-electron chi connectivity index (χ3n) is 2.76. The van der Waals surface area contributed by atoms with Crippen LogP contribution in [0, 0.1) is 0 Å². The van der Waals surface area contributed by atoms with E-state index in [-0.39, 0.29) is 18.2 Å². The number of aliphatic carboxylic acids is 1. The number of imide groups is 1. The Balaban J connectivity index is 2.64. The predicted octanol–water partition coefficient (Wildman–Crippen LogP) is -0.413. The monoisotopic (exact) mass is 228 g/mol. The van der Waals surface area contributed by atoms with Gasteiger partial charge in [-0.05, 0) is 12.8 Å². The van der Waals surface area contributed by atoms with Crippen molar-refractivity contribution in [2.45, 2.75) is 38.3 Å². The summed E-state index contributed by atoms with van der Waals surface area (Å²) in [6, 6.07) is -1.31. The summed E-state index contributed by atoms with van der Waals surface area (Å²) >= 11 is 0. The van der Waals surface area contributed by atoms with E-state index in [1.54, 1.807) is 6.92 Å². The lowest BCUT2D eigenvalue weighted by Crippen LogP contribution is -2.55. The smallest absolute Gasteiger partial charge is 0.320 e. The highest BCUT2D eigenvalue weighted by molar-refractivity contribution is 6.00. The number of likely N-dealkylation sites (N-methyl/N-ethyl adjacent to an activating group) is 1. The van der Waals surface area contributed by atoms with Crippen molar-refractivity contribution >= 4 is 17.8 Å². The Morgan fingerprint density at radius 2 is 2.25 bits per heavy atom. The molecule has 0 spiro atoms. The first-order valence-corrected chi connectivity index (χ1v) is 5.26. The second-order valence-corrected chi connectivity index (χ2v) is 3.85. The zero-order valence-corrected chi connectivity index (χ0v) is 9.40. The van der Waals surface area contributed by atoms with Crippen molar-refractivity contribution in [3.63, 3.8) is 0 Å². The maximum atomic E-state index is 11.7. The van der Waals surface area contributed by atoms with Crippen LogP contribution in [0.5, 0.6) is 0 Å². The minimum absolute atomic E-state index is 0.216. The van der Waals surface area contributed by atoms with Crippen molar-refractivity contribution in [2.24, 2.45) is 0 Å². The van der Waals surface area contributed by atoms with Crippen LogP contribution < -0.4 is 5.32 Å². The molecular formula is C10H16N2O4. The molecule has 1 aliphatic heterocycles. The molecule has 6 heteroatoms. The fraction of sp³-hybridized carbons (Fsp3) is 0.700. The molecule has 2 unspecified atom stereocenters. The Morgan fingerprint density at radius 1 is 1.62 bits per heavy atom. The normalized spacial score (nSPS) is 23.4. The molecule has 0 aromatic rings. The summed E-state index contributed by atoms with van der Waals surface area (Å²) in [6.45, 7) is 1.73. The first-order chi connectivity index (χ1) is 7.47. The highest BCUT2D eigenvalue weighted by Gasteiger charge is 2.33. The number of nitrogens with one attached hydrogen (secondary N) is 1.